The van der Waals surface area contributed by atoms with E-state index in [1.54, 1.807) is 6.92 Å². The van der Waals surface area contributed by atoms with Gasteiger partial charge in [0.15, 0.2) is 0 Å². The van der Waals surface area contributed by atoms with Crippen LogP contribution in [0.25, 0.3) is 0 Å². The second kappa shape index (κ2) is 8.51. The summed E-state index contributed by atoms with van der Waals surface area (Å²) in [6.07, 6.45) is -3.46. The van der Waals surface area contributed by atoms with Crippen LogP contribution in [0, 0.1) is 0 Å². The number of hydrogen-bond donors (Lipinski definition) is 1. The fraction of sp³-hybridized carbons (Fsp3) is 0.211. The van der Waals surface area contributed by atoms with E-state index >= 15 is 0 Å². The monoisotopic (exact) mass is 367 g/mol. The second-order valence-corrected chi connectivity index (χ2v) is 5.47. The number of carbonyl (C=O) groups excluding carboxylic acids is 1. The van der Waals surface area contributed by atoms with Gasteiger partial charge in [0.05, 0.1) is 11.9 Å². The van der Waals surface area contributed by atoms with Crippen molar-refractivity contribution in [2.75, 3.05) is 11.9 Å². The summed E-state index contributed by atoms with van der Waals surface area (Å²) in [6, 6.07) is 10.4. The molecule has 3 nitrogen and oxygen atoms in total. The molecule has 0 fully saturated rings. The van der Waals surface area contributed by atoms with Gasteiger partial charge in [0, 0.05) is 11.3 Å². The molecule has 1 amide bonds. The second-order valence-electron chi connectivity index (χ2n) is 5.47. The quantitative estimate of drug-likeness (QED) is 0.675. The predicted molar refractivity (Wildman–Crippen MR) is 90.8 cm³/mol. The average Bonchev–Trinajstić information content (AvgIpc) is 2.62. The van der Waals surface area contributed by atoms with Crippen LogP contribution in [0.4, 0.5) is 23.2 Å². The zero-order chi connectivity index (χ0) is 19.2. The summed E-state index contributed by atoms with van der Waals surface area (Å²) in [5.41, 5.74) is -0.0413. The third kappa shape index (κ3) is 5.34. The number of ether oxygens (including phenoxy) is 1. The molecule has 0 aliphatic heterocycles. The molecule has 1 N–H and O–H groups in total. The van der Waals surface area contributed by atoms with Crippen molar-refractivity contribution in [3.05, 3.63) is 71.6 Å². The van der Waals surface area contributed by atoms with E-state index in [1.807, 2.05) is 0 Å². The van der Waals surface area contributed by atoms with Gasteiger partial charge in [-0.15, -0.1) is 0 Å². The Bertz CT molecular complexity index is 783. The van der Waals surface area contributed by atoms with Gasteiger partial charge in [-0.3, -0.25) is 4.79 Å². The maximum absolute atomic E-state index is 12.7. The van der Waals surface area contributed by atoms with E-state index < -0.39 is 17.6 Å². The lowest BCUT2D eigenvalue weighted by molar-refractivity contribution is -0.137. The SMILES string of the molecule is CCC(=CF)COc1ccc(C(=O)Nc2cccc(C(F)(F)F)c2)cc1. The molecule has 2 aromatic carbocycles. The minimum Gasteiger partial charge on any atom is -0.489 e. The summed E-state index contributed by atoms with van der Waals surface area (Å²) >= 11 is 0. The fourth-order valence-corrected chi connectivity index (χ4v) is 2.07. The molecule has 0 aliphatic rings. The van der Waals surface area contributed by atoms with Crippen molar-refractivity contribution in [1.82, 2.24) is 0 Å². The highest BCUT2D eigenvalue weighted by molar-refractivity contribution is 6.04. The number of hydrogen-bond acceptors (Lipinski definition) is 2. The van der Waals surface area contributed by atoms with Crippen LogP contribution >= 0.6 is 0 Å². The summed E-state index contributed by atoms with van der Waals surface area (Å²) < 4.78 is 56.0. The van der Waals surface area contributed by atoms with E-state index in [9.17, 15) is 22.4 Å². The lowest BCUT2D eigenvalue weighted by Crippen LogP contribution is -2.13. The van der Waals surface area contributed by atoms with Gasteiger partial charge in [0.1, 0.15) is 12.4 Å². The van der Waals surface area contributed by atoms with Gasteiger partial charge in [0.25, 0.3) is 5.91 Å². The van der Waals surface area contributed by atoms with Crippen LogP contribution in [0.5, 0.6) is 5.75 Å². The molecule has 0 radical (unpaired) electrons. The van der Waals surface area contributed by atoms with Crippen LogP contribution in [0.15, 0.2) is 60.4 Å². The zero-order valence-corrected chi connectivity index (χ0v) is 13.9. The van der Waals surface area contributed by atoms with E-state index in [4.69, 9.17) is 4.74 Å². The molecular weight excluding hydrogens is 350 g/mol. The average molecular weight is 367 g/mol. The molecule has 0 aliphatic carbocycles. The van der Waals surface area contributed by atoms with Gasteiger partial charge in [-0.1, -0.05) is 13.0 Å². The number of nitrogens with one attached hydrogen (secondary N) is 1. The molecule has 2 aromatic rings. The molecule has 0 heterocycles. The Morgan fingerprint density at radius 2 is 1.85 bits per heavy atom. The molecule has 2 rings (SSSR count). The number of carbonyl (C=O) groups is 1. The summed E-state index contributed by atoms with van der Waals surface area (Å²) in [4.78, 5) is 12.2. The minimum absolute atomic E-state index is 0.0471. The molecule has 0 aromatic heterocycles. The number of amides is 1. The van der Waals surface area contributed by atoms with Crippen molar-refractivity contribution in [1.29, 1.82) is 0 Å². The van der Waals surface area contributed by atoms with E-state index in [0.29, 0.717) is 24.1 Å². The van der Waals surface area contributed by atoms with Crippen LogP contribution in [-0.2, 0) is 6.18 Å². The molecule has 26 heavy (non-hydrogen) atoms. The van der Waals surface area contributed by atoms with Crippen molar-refractivity contribution >= 4 is 11.6 Å². The van der Waals surface area contributed by atoms with Gasteiger partial charge in [0.2, 0.25) is 0 Å². The van der Waals surface area contributed by atoms with E-state index in [-0.39, 0.29) is 17.9 Å². The van der Waals surface area contributed by atoms with Gasteiger partial charge < -0.3 is 10.1 Å². The maximum atomic E-state index is 12.7. The van der Waals surface area contributed by atoms with E-state index in [1.165, 1.54) is 36.4 Å². The highest BCUT2D eigenvalue weighted by Gasteiger charge is 2.30. The predicted octanol–water partition coefficient (Wildman–Crippen LogP) is 5.60. The number of benzene rings is 2. The third-order valence-electron chi connectivity index (χ3n) is 3.60. The van der Waals surface area contributed by atoms with Gasteiger partial charge in [-0.25, -0.2) is 4.39 Å². The first-order chi connectivity index (χ1) is 12.3. The Kier molecular flexibility index (Phi) is 6.38. The van der Waals surface area contributed by atoms with Crippen molar-refractivity contribution < 1.29 is 27.1 Å². The molecule has 7 heteroatoms. The molecule has 0 unspecified atom stereocenters. The molecule has 138 valence electrons. The normalized spacial score (nSPS) is 12.0. The van der Waals surface area contributed by atoms with Crippen LogP contribution < -0.4 is 10.1 Å². The highest BCUT2D eigenvalue weighted by Crippen LogP contribution is 2.30. The van der Waals surface area contributed by atoms with Crippen molar-refractivity contribution in [2.24, 2.45) is 0 Å². The highest BCUT2D eigenvalue weighted by atomic mass is 19.4. The molecular formula is C19H17F4NO2. The Morgan fingerprint density at radius 1 is 1.15 bits per heavy atom. The van der Waals surface area contributed by atoms with Crippen molar-refractivity contribution in [3.63, 3.8) is 0 Å². The standard InChI is InChI=1S/C19H17F4NO2/c1-2-13(11-20)12-26-17-8-6-14(7-9-17)18(25)24-16-5-3-4-15(10-16)19(21,22)23/h3-11H,2,12H2,1H3,(H,24,25). The summed E-state index contributed by atoms with van der Waals surface area (Å²) in [5.74, 6) is -0.0952. The lowest BCUT2D eigenvalue weighted by Gasteiger charge is -2.10. The largest absolute Gasteiger partial charge is 0.489 e. The molecule has 0 saturated carbocycles. The summed E-state index contributed by atoms with van der Waals surface area (Å²) in [7, 11) is 0. The Morgan fingerprint density at radius 3 is 2.42 bits per heavy atom. The first kappa shape index (κ1) is 19.5. The van der Waals surface area contributed by atoms with Crippen molar-refractivity contribution in [3.8, 4) is 5.75 Å². The van der Waals surface area contributed by atoms with E-state index in [0.717, 1.165) is 12.1 Å². The first-order valence-corrected chi connectivity index (χ1v) is 7.83. The number of alkyl halides is 3. The summed E-state index contributed by atoms with van der Waals surface area (Å²) in [5, 5.41) is 2.42. The Balaban J connectivity index is 2.02. The van der Waals surface area contributed by atoms with Crippen LogP contribution in [0.3, 0.4) is 0 Å². The third-order valence-corrected chi connectivity index (χ3v) is 3.60. The number of anilines is 1. The van der Waals surface area contributed by atoms with Crippen LogP contribution in [0.1, 0.15) is 29.3 Å². The molecule has 0 spiro atoms. The van der Waals surface area contributed by atoms with Gasteiger partial charge >= 0.3 is 6.18 Å². The number of rotatable bonds is 6. The van der Waals surface area contributed by atoms with Crippen molar-refractivity contribution in [2.45, 2.75) is 19.5 Å². The smallest absolute Gasteiger partial charge is 0.416 e. The summed E-state index contributed by atoms with van der Waals surface area (Å²) in [6.45, 7) is 1.90. The maximum Gasteiger partial charge on any atom is 0.416 e. The lowest BCUT2D eigenvalue weighted by atomic mass is 10.1. The van der Waals surface area contributed by atoms with Crippen LogP contribution in [0.2, 0.25) is 0 Å². The zero-order valence-electron chi connectivity index (χ0n) is 13.9. The van der Waals surface area contributed by atoms with Gasteiger partial charge in [-0.05, 0) is 54.5 Å². The topological polar surface area (TPSA) is 38.3 Å². The van der Waals surface area contributed by atoms with Crippen LogP contribution in [-0.4, -0.2) is 12.5 Å². The number of halogens is 4. The van der Waals surface area contributed by atoms with E-state index in [2.05, 4.69) is 5.32 Å². The fourth-order valence-electron chi connectivity index (χ4n) is 2.07. The first-order valence-electron chi connectivity index (χ1n) is 7.83. The Labute approximate surface area is 148 Å². The Hall–Kier alpha value is -2.83. The minimum atomic E-state index is -4.48. The molecule has 0 atom stereocenters. The molecule has 0 saturated heterocycles. The molecule has 0 bridgehead atoms. The van der Waals surface area contributed by atoms with Gasteiger partial charge in [-0.2, -0.15) is 13.2 Å².